The van der Waals surface area contributed by atoms with Crippen LogP contribution in [0.3, 0.4) is 0 Å². The maximum atomic E-state index is 4.44. The Morgan fingerprint density at radius 1 is 1.39 bits per heavy atom. The lowest BCUT2D eigenvalue weighted by Crippen LogP contribution is -2.15. The topological polar surface area (TPSA) is 42.7 Å². The highest BCUT2D eigenvalue weighted by atomic mass is 15.1. The van der Waals surface area contributed by atoms with Crippen LogP contribution < -0.4 is 5.32 Å². The molecule has 3 rings (SSSR count). The Morgan fingerprint density at radius 2 is 2.28 bits per heavy atom. The minimum absolute atomic E-state index is 0.230. The Morgan fingerprint density at radius 3 is 3.00 bits per heavy atom. The average Bonchev–Trinajstić information content (AvgIpc) is 3.14. The monoisotopic (exact) mass is 242 g/mol. The molecule has 94 valence electrons. The van der Waals surface area contributed by atoms with Gasteiger partial charge in [-0.05, 0) is 31.9 Å². The molecule has 0 aliphatic heterocycles. The summed E-state index contributed by atoms with van der Waals surface area (Å²) in [6.45, 7) is 3.01. The molecule has 2 aromatic heterocycles. The Labute approximate surface area is 107 Å². The number of nitrogens with one attached hydrogen (secondary N) is 1. The number of imidazole rings is 1. The van der Waals surface area contributed by atoms with E-state index in [1.165, 1.54) is 12.8 Å². The van der Waals surface area contributed by atoms with Gasteiger partial charge in [-0.25, -0.2) is 4.98 Å². The van der Waals surface area contributed by atoms with E-state index in [9.17, 15) is 0 Å². The number of aromatic nitrogens is 3. The van der Waals surface area contributed by atoms with Gasteiger partial charge in [-0.1, -0.05) is 6.07 Å². The van der Waals surface area contributed by atoms with Crippen LogP contribution in [0.2, 0.25) is 0 Å². The smallest absolute Gasteiger partial charge is 0.0956 e. The molecule has 1 N–H and O–H groups in total. The zero-order valence-corrected chi connectivity index (χ0v) is 10.6. The van der Waals surface area contributed by atoms with Gasteiger partial charge in [-0.15, -0.1) is 0 Å². The molecule has 1 saturated carbocycles. The number of nitrogens with zero attached hydrogens (tertiary/aromatic N) is 3. The first-order valence-electron chi connectivity index (χ1n) is 6.49. The second-order valence-electron chi connectivity index (χ2n) is 4.90. The Hall–Kier alpha value is -1.68. The van der Waals surface area contributed by atoms with Crippen molar-refractivity contribution in [1.82, 2.24) is 19.9 Å². The standard InChI is InChI=1S/C14H18N4/c1-11(14-4-2-3-7-15-14)18-9-13(17-10-18)8-16-12-5-6-12/h2-4,7,9-12,16H,5-6,8H2,1H3. The van der Waals surface area contributed by atoms with Gasteiger partial charge >= 0.3 is 0 Å². The zero-order valence-electron chi connectivity index (χ0n) is 10.6. The number of rotatable bonds is 5. The van der Waals surface area contributed by atoms with E-state index in [1.807, 2.05) is 30.7 Å². The maximum absolute atomic E-state index is 4.44. The minimum Gasteiger partial charge on any atom is -0.328 e. The summed E-state index contributed by atoms with van der Waals surface area (Å²) < 4.78 is 2.12. The first kappa shape index (κ1) is 11.4. The fourth-order valence-corrected chi connectivity index (χ4v) is 1.99. The van der Waals surface area contributed by atoms with Crippen LogP contribution in [0.25, 0.3) is 0 Å². The highest BCUT2D eigenvalue weighted by Crippen LogP contribution is 2.19. The predicted octanol–water partition coefficient (Wildman–Crippen LogP) is 2.14. The molecule has 2 aromatic rings. The van der Waals surface area contributed by atoms with Gasteiger partial charge < -0.3 is 9.88 Å². The lowest BCUT2D eigenvalue weighted by molar-refractivity contribution is 0.617. The largest absolute Gasteiger partial charge is 0.328 e. The summed E-state index contributed by atoms with van der Waals surface area (Å²) in [7, 11) is 0. The second kappa shape index (κ2) is 4.90. The van der Waals surface area contributed by atoms with E-state index >= 15 is 0 Å². The van der Waals surface area contributed by atoms with E-state index in [0.29, 0.717) is 0 Å². The SMILES string of the molecule is CC(c1ccccn1)n1cnc(CNC2CC2)c1. The molecule has 1 aliphatic rings. The van der Waals surface area contributed by atoms with Gasteiger partial charge in [-0.2, -0.15) is 0 Å². The molecule has 0 radical (unpaired) electrons. The predicted molar refractivity (Wildman–Crippen MR) is 70.1 cm³/mol. The molecule has 4 nitrogen and oxygen atoms in total. The Bertz CT molecular complexity index is 502. The molecule has 1 unspecified atom stereocenters. The Balaban J connectivity index is 1.68. The summed E-state index contributed by atoms with van der Waals surface area (Å²) >= 11 is 0. The van der Waals surface area contributed by atoms with E-state index in [2.05, 4.69) is 33.0 Å². The number of pyridine rings is 1. The molecular formula is C14H18N4. The van der Waals surface area contributed by atoms with E-state index in [0.717, 1.165) is 24.0 Å². The van der Waals surface area contributed by atoms with Crippen LogP contribution in [0, 0.1) is 0 Å². The zero-order chi connectivity index (χ0) is 12.4. The van der Waals surface area contributed by atoms with Gasteiger partial charge in [0.25, 0.3) is 0 Å². The van der Waals surface area contributed by atoms with Crippen molar-refractivity contribution in [2.24, 2.45) is 0 Å². The molecule has 18 heavy (non-hydrogen) atoms. The molecule has 4 heteroatoms. The molecule has 0 bridgehead atoms. The second-order valence-corrected chi connectivity index (χ2v) is 4.90. The lowest BCUT2D eigenvalue weighted by atomic mass is 10.2. The van der Waals surface area contributed by atoms with E-state index in [-0.39, 0.29) is 6.04 Å². The Kier molecular flexibility index (Phi) is 3.11. The van der Waals surface area contributed by atoms with Gasteiger partial charge in [0.15, 0.2) is 0 Å². The van der Waals surface area contributed by atoms with Crippen molar-refractivity contribution < 1.29 is 0 Å². The third-order valence-electron chi connectivity index (χ3n) is 3.37. The summed E-state index contributed by atoms with van der Waals surface area (Å²) in [5.41, 5.74) is 2.17. The lowest BCUT2D eigenvalue weighted by Gasteiger charge is -2.11. The van der Waals surface area contributed by atoms with Crippen molar-refractivity contribution in [3.8, 4) is 0 Å². The number of hydrogen-bond donors (Lipinski definition) is 1. The van der Waals surface area contributed by atoms with Crippen LogP contribution in [0.5, 0.6) is 0 Å². The van der Waals surface area contributed by atoms with E-state index < -0.39 is 0 Å². The molecule has 0 amide bonds. The van der Waals surface area contributed by atoms with Crippen LogP contribution >= 0.6 is 0 Å². The summed E-state index contributed by atoms with van der Waals surface area (Å²) in [4.78, 5) is 8.82. The van der Waals surface area contributed by atoms with Gasteiger partial charge in [0.2, 0.25) is 0 Å². The van der Waals surface area contributed by atoms with Gasteiger partial charge in [0.05, 0.1) is 23.8 Å². The highest BCUT2D eigenvalue weighted by molar-refractivity contribution is 5.11. The van der Waals surface area contributed by atoms with Crippen LogP contribution in [-0.2, 0) is 6.54 Å². The average molecular weight is 242 g/mol. The first-order valence-corrected chi connectivity index (χ1v) is 6.49. The van der Waals surface area contributed by atoms with Gasteiger partial charge in [-0.3, -0.25) is 4.98 Å². The molecule has 1 atom stereocenters. The quantitative estimate of drug-likeness (QED) is 0.873. The van der Waals surface area contributed by atoms with Crippen molar-refractivity contribution >= 4 is 0 Å². The van der Waals surface area contributed by atoms with Gasteiger partial charge in [0.1, 0.15) is 0 Å². The third kappa shape index (κ3) is 2.59. The van der Waals surface area contributed by atoms with Crippen molar-refractivity contribution in [2.45, 2.75) is 38.4 Å². The fraction of sp³-hybridized carbons (Fsp3) is 0.429. The molecule has 1 aliphatic carbocycles. The minimum atomic E-state index is 0.230. The summed E-state index contributed by atoms with van der Waals surface area (Å²) in [6.07, 6.45) is 8.45. The normalized spacial score (nSPS) is 16.7. The molecule has 2 heterocycles. The van der Waals surface area contributed by atoms with Crippen molar-refractivity contribution in [3.05, 3.63) is 48.3 Å². The highest BCUT2D eigenvalue weighted by Gasteiger charge is 2.20. The van der Waals surface area contributed by atoms with E-state index in [4.69, 9.17) is 0 Å². The van der Waals surface area contributed by atoms with Gasteiger partial charge in [0, 0.05) is 25.0 Å². The summed E-state index contributed by atoms with van der Waals surface area (Å²) in [5, 5.41) is 3.47. The first-order chi connectivity index (χ1) is 8.83. The van der Waals surface area contributed by atoms with E-state index in [1.54, 1.807) is 0 Å². The molecule has 0 spiro atoms. The summed E-state index contributed by atoms with van der Waals surface area (Å²) in [5.74, 6) is 0. The maximum Gasteiger partial charge on any atom is 0.0956 e. The fourth-order valence-electron chi connectivity index (χ4n) is 1.99. The van der Waals surface area contributed by atoms with Crippen molar-refractivity contribution in [1.29, 1.82) is 0 Å². The summed E-state index contributed by atoms with van der Waals surface area (Å²) in [6, 6.07) is 6.96. The molecule has 0 saturated heterocycles. The third-order valence-corrected chi connectivity index (χ3v) is 3.37. The van der Waals surface area contributed by atoms with Crippen LogP contribution in [0.4, 0.5) is 0 Å². The van der Waals surface area contributed by atoms with Crippen LogP contribution in [-0.4, -0.2) is 20.6 Å². The molecule has 0 aromatic carbocycles. The van der Waals surface area contributed by atoms with Crippen LogP contribution in [0.1, 0.15) is 37.2 Å². The van der Waals surface area contributed by atoms with Crippen molar-refractivity contribution in [3.63, 3.8) is 0 Å². The van der Waals surface area contributed by atoms with Crippen molar-refractivity contribution in [2.75, 3.05) is 0 Å². The molecule has 1 fully saturated rings. The number of hydrogen-bond acceptors (Lipinski definition) is 3. The molecular weight excluding hydrogens is 224 g/mol. The van der Waals surface area contributed by atoms with Crippen LogP contribution in [0.15, 0.2) is 36.9 Å².